The minimum absolute atomic E-state index is 0.0107. The first-order valence-corrected chi connectivity index (χ1v) is 7.26. The Labute approximate surface area is 95.2 Å². The molecule has 0 spiro atoms. The highest BCUT2D eigenvalue weighted by Crippen LogP contribution is 2.28. The summed E-state index contributed by atoms with van der Waals surface area (Å²) in [5, 5.41) is 9.32. The molecule has 0 radical (unpaired) electrons. The monoisotopic (exact) mass is 244 g/mol. The van der Waals surface area contributed by atoms with Gasteiger partial charge in [-0.05, 0) is 30.4 Å². The molecule has 4 nitrogen and oxygen atoms in total. The Morgan fingerprint density at radius 1 is 1.56 bits per heavy atom. The third-order valence-corrected chi connectivity index (χ3v) is 5.01. The summed E-state index contributed by atoms with van der Waals surface area (Å²) in [5.41, 5.74) is 0. The van der Waals surface area contributed by atoms with Crippen molar-refractivity contribution in [2.24, 2.45) is 11.8 Å². The zero-order valence-electron chi connectivity index (χ0n) is 9.00. The molecule has 2 rings (SSSR count). The first-order chi connectivity index (χ1) is 7.61. The molecule has 90 valence electrons. The van der Waals surface area contributed by atoms with Crippen LogP contribution in [0, 0.1) is 11.8 Å². The Hall–Kier alpha value is -0.810. The van der Waals surface area contributed by atoms with Crippen LogP contribution in [0.5, 0.6) is 0 Å². The molecule has 1 N–H and O–H groups in total. The first kappa shape index (κ1) is 11.7. The third kappa shape index (κ3) is 2.65. The summed E-state index contributed by atoms with van der Waals surface area (Å²) >= 11 is 0. The van der Waals surface area contributed by atoms with Crippen LogP contribution in [0.25, 0.3) is 0 Å². The second kappa shape index (κ2) is 4.59. The molecule has 1 aromatic heterocycles. The minimum atomic E-state index is -2.87. The largest absolute Gasteiger partial charge is 0.469 e. The summed E-state index contributed by atoms with van der Waals surface area (Å²) in [6.07, 6.45) is 2.87. The number of hydrogen-bond acceptors (Lipinski definition) is 4. The number of hydrogen-bond donors (Lipinski definition) is 1. The maximum absolute atomic E-state index is 11.4. The quantitative estimate of drug-likeness (QED) is 0.853. The van der Waals surface area contributed by atoms with Crippen molar-refractivity contribution in [2.45, 2.75) is 12.8 Å². The topological polar surface area (TPSA) is 67.5 Å². The van der Waals surface area contributed by atoms with Crippen molar-refractivity contribution >= 4 is 9.84 Å². The van der Waals surface area contributed by atoms with Crippen LogP contribution in [0.4, 0.5) is 0 Å². The number of aliphatic hydroxyl groups is 1. The molecule has 1 fully saturated rings. The lowest BCUT2D eigenvalue weighted by atomic mass is 9.89. The Bertz CT molecular complexity index is 421. The summed E-state index contributed by atoms with van der Waals surface area (Å²) in [4.78, 5) is 0. The van der Waals surface area contributed by atoms with E-state index in [0.29, 0.717) is 12.8 Å². The average molecular weight is 244 g/mol. The van der Waals surface area contributed by atoms with Gasteiger partial charge in [0.2, 0.25) is 0 Å². The molecule has 0 amide bonds. The zero-order chi connectivity index (χ0) is 11.6. The molecule has 2 unspecified atom stereocenters. The van der Waals surface area contributed by atoms with Crippen molar-refractivity contribution in [1.29, 1.82) is 0 Å². The van der Waals surface area contributed by atoms with Gasteiger partial charge in [0.05, 0.1) is 17.8 Å². The molecule has 0 saturated carbocycles. The van der Waals surface area contributed by atoms with Gasteiger partial charge in [-0.3, -0.25) is 0 Å². The van der Waals surface area contributed by atoms with E-state index in [9.17, 15) is 13.5 Å². The first-order valence-electron chi connectivity index (χ1n) is 5.44. The van der Waals surface area contributed by atoms with Gasteiger partial charge < -0.3 is 9.52 Å². The van der Waals surface area contributed by atoms with E-state index in [-0.39, 0.29) is 29.9 Å². The number of furan rings is 1. The maximum Gasteiger partial charge on any atom is 0.150 e. The van der Waals surface area contributed by atoms with Gasteiger partial charge in [-0.2, -0.15) is 0 Å². The van der Waals surface area contributed by atoms with Crippen LogP contribution in [-0.4, -0.2) is 31.6 Å². The molecule has 1 aromatic rings. The smallest absolute Gasteiger partial charge is 0.150 e. The second-order valence-electron chi connectivity index (χ2n) is 4.39. The molecule has 5 heteroatoms. The number of sulfone groups is 1. The van der Waals surface area contributed by atoms with E-state index in [0.717, 1.165) is 5.76 Å². The average Bonchev–Trinajstić information content (AvgIpc) is 2.83. The lowest BCUT2D eigenvalue weighted by Crippen LogP contribution is -2.22. The predicted molar refractivity (Wildman–Crippen MR) is 59.7 cm³/mol. The molecule has 2 atom stereocenters. The fourth-order valence-corrected chi connectivity index (χ4v) is 4.18. The molecule has 1 saturated heterocycles. The Kier molecular flexibility index (Phi) is 3.35. The SMILES string of the molecule is O=S1(=O)CCC(C(CO)Cc2ccco2)C1. The van der Waals surface area contributed by atoms with Crippen LogP contribution in [0.1, 0.15) is 12.2 Å². The summed E-state index contributed by atoms with van der Waals surface area (Å²) in [7, 11) is -2.87. The van der Waals surface area contributed by atoms with E-state index in [2.05, 4.69) is 0 Å². The molecular weight excluding hydrogens is 228 g/mol. The van der Waals surface area contributed by atoms with Gasteiger partial charge in [0.1, 0.15) is 5.76 Å². The van der Waals surface area contributed by atoms with E-state index >= 15 is 0 Å². The van der Waals surface area contributed by atoms with Crippen LogP contribution < -0.4 is 0 Å². The molecule has 0 bridgehead atoms. The molecule has 0 aliphatic carbocycles. The summed E-state index contributed by atoms with van der Waals surface area (Å²) in [5.74, 6) is 1.33. The molecule has 1 aliphatic heterocycles. The van der Waals surface area contributed by atoms with Gasteiger partial charge >= 0.3 is 0 Å². The molecule has 1 aliphatic rings. The van der Waals surface area contributed by atoms with Crippen LogP contribution in [0.15, 0.2) is 22.8 Å². The van der Waals surface area contributed by atoms with Gasteiger partial charge in [-0.1, -0.05) is 0 Å². The molecule has 2 heterocycles. The van der Waals surface area contributed by atoms with E-state index in [4.69, 9.17) is 4.42 Å². The van der Waals surface area contributed by atoms with E-state index in [1.165, 1.54) is 0 Å². The zero-order valence-corrected chi connectivity index (χ0v) is 9.82. The van der Waals surface area contributed by atoms with E-state index in [1.807, 2.05) is 6.07 Å². The van der Waals surface area contributed by atoms with Crippen molar-refractivity contribution in [3.8, 4) is 0 Å². The predicted octanol–water partition coefficient (Wildman–Crippen LogP) is 0.865. The van der Waals surface area contributed by atoms with Crippen molar-refractivity contribution in [1.82, 2.24) is 0 Å². The fraction of sp³-hybridized carbons (Fsp3) is 0.636. The standard InChI is InChI=1S/C11H16O4S/c12-7-10(6-11-2-1-4-15-11)9-3-5-16(13,14)8-9/h1-2,4,9-10,12H,3,5-8H2. The number of aliphatic hydroxyl groups excluding tert-OH is 1. The normalized spacial score (nSPS) is 25.7. The maximum atomic E-state index is 11.4. The third-order valence-electron chi connectivity index (χ3n) is 3.21. The van der Waals surface area contributed by atoms with Crippen LogP contribution in [-0.2, 0) is 16.3 Å². The van der Waals surface area contributed by atoms with Gasteiger partial charge in [-0.25, -0.2) is 8.42 Å². The fourth-order valence-electron chi connectivity index (χ4n) is 2.26. The lowest BCUT2D eigenvalue weighted by Gasteiger charge is -2.18. The number of rotatable bonds is 4. The van der Waals surface area contributed by atoms with Crippen molar-refractivity contribution in [3.05, 3.63) is 24.2 Å². The molecule has 0 aromatic carbocycles. The lowest BCUT2D eigenvalue weighted by molar-refractivity contribution is 0.178. The Morgan fingerprint density at radius 3 is 2.88 bits per heavy atom. The van der Waals surface area contributed by atoms with Gasteiger partial charge in [0.15, 0.2) is 9.84 Å². The van der Waals surface area contributed by atoms with E-state index < -0.39 is 9.84 Å². The van der Waals surface area contributed by atoms with Gasteiger partial charge in [-0.15, -0.1) is 0 Å². The summed E-state index contributed by atoms with van der Waals surface area (Å²) in [6.45, 7) is 0.0148. The van der Waals surface area contributed by atoms with Crippen molar-refractivity contribution < 1.29 is 17.9 Å². The second-order valence-corrected chi connectivity index (χ2v) is 6.62. The van der Waals surface area contributed by atoms with Gasteiger partial charge in [0, 0.05) is 13.0 Å². The highest BCUT2D eigenvalue weighted by molar-refractivity contribution is 7.91. The summed E-state index contributed by atoms with van der Waals surface area (Å²) < 4.78 is 27.9. The Balaban J connectivity index is 2.01. The molecule has 16 heavy (non-hydrogen) atoms. The highest BCUT2D eigenvalue weighted by Gasteiger charge is 2.33. The molecular formula is C11H16O4S. The Morgan fingerprint density at radius 2 is 2.38 bits per heavy atom. The summed E-state index contributed by atoms with van der Waals surface area (Å²) in [6, 6.07) is 3.65. The highest BCUT2D eigenvalue weighted by atomic mass is 32.2. The van der Waals surface area contributed by atoms with Crippen molar-refractivity contribution in [2.75, 3.05) is 18.1 Å². The van der Waals surface area contributed by atoms with Crippen LogP contribution in [0.2, 0.25) is 0 Å². The van der Waals surface area contributed by atoms with Gasteiger partial charge in [0.25, 0.3) is 0 Å². The van der Waals surface area contributed by atoms with Crippen LogP contribution >= 0.6 is 0 Å². The van der Waals surface area contributed by atoms with Crippen molar-refractivity contribution in [3.63, 3.8) is 0 Å². The van der Waals surface area contributed by atoms with E-state index in [1.54, 1.807) is 12.3 Å². The minimum Gasteiger partial charge on any atom is -0.469 e. The van der Waals surface area contributed by atoms with Crippen LogP contribution in [0.3, 0.4) is 0 Å².